The van der Waals surface area contributed by atoms with Crippen LogP contribution in [-0.2, 0) is 4.74 Å². The first-order valence-electron chi connectivity index (χ1n) is 10.6. The first-order chi connectivity index (χ1) is 15.8. The fourth-order valence-corrected chi connectivity index (χ4v) is 6.44. The van der Waals surface area contributed by atoms with E-state index >= 15 is 0 Å². The molecule has 0 aliphatic carbocycles. The molecule has 0 amide bonds. The van der Waals surface area contributed by atoms with E-state index in [2.05, 4.69) is 89.9 Å². The lowest BCUT2D eigenvalue weighted by atomic mass is 10.2. The molecular formula is C30H22BrOP. The van der Waals surface area contributed by atoms with Crippen LogP contribution in [0.1, 0.15) is 16.7 Å². The third-order valence-electron chi connectivity index (χ3n) is 5.32. The lowest BCUT2D eigenvalue weighted by Crippen LogP contribution is -3.00. The van der Waals surface area contributed by atoms with Crippen LogP contribution in [0.15, 0.2) is 133 Å². The van der Waals surface area contributed by atoms with Crippen molar-refractivity contribution in [3.8, 4) is 11.6 Å². The van der Waals surface area contributed by atoms with E-state index in [4.69, 9.17) is 4.74 Å². The summed E-state index contributed by atoms with van der Waals surface area (Å²) in [5.41, 5.74) is 6.81. The van der Waals surface area contributed by atoms with E-state index in [1.54, 1.807) is 0 Å². The van der Waals surface area contributed by atoms with E-state index in [0.29, 0.717) is 0 Å². The van der Waals surface area contributed by atoms with Gasteiger partial charge in [-0.1, -0.05) is 97.1 Å². The summed E-state index contributed by atoms with van der Waals surface area (Å²) in [5.74, 6) is 9.66. The minimum Gasteiger partial charge on any atom is -1.00 e. The maximum absolute atomic E-state index is 6.47. The summed E-state index contributed by atoms with van der Waals surface area (Å²) in [6.45, 7) is 0. The molecule has 0 radical (unpaired) electrons. The van der Waals surface area contributed by atoms with Crippen LogP contribution in [0.4, 0.5) is 0 Å². The molecule has 4 aromatic rings. The highest BCUT2D eigenvalue weighted by atomic mass is 79.9. The van der Waals surface area contributed by atoms with Crippen molar-refractivity contribution >= 4 is 24.1 Å². The standard InChI is InChI=1S/C30H22OP.BrH/c1-5-13-25(14-6-1)21-22-32(28-19-11-4-12-20-28)23-29(26-15-7-2-8-16-26)31-30(24-32)27-17-9-3-10-18-27;/h1-20,23-24H;1H/q+1;/p-1. The van der Waals surface area contributed by atoms with Crippen LogP contribution >= 0.6 is 7.26 Å². The fourth-order valence-electron chi connectivity index (χ4n) is 3.68. The molecule has 0 aromatic heterocycles. The van der Waals surface area contributed by atoms with E-state index in [1.807, 2.05) is 54.6 Å². The molecule has 0 N–H and O–H groups in total. The average Bonchev–Trinajstić information content (AvgIpc) is 2.89. The summed E-state index contributed by atoms with van der Waals surface area (Å²) in [5, 5.41) is 1.22. The van der Waals surface area contributed by atoms with E-state index in [1.165, 1.54) is 5.30 Å². The predicted octanol–water partition coefficient (Wildman–Crippen LogP) is 4.37. The second-order valence-electron chi connectivity index (χ2n) is 7.54. The molecule has 1 aliphatic rings. The zero-order valence-corrected chi connectivity index (χ0v) is 20.4. The molecular weight excluding hydrogens is 487 g/mol. The predicted molar refractivity (Wildman–Crippen MR) is 136 cm³/mol. The Kier molecular flexibility index (Phi) is 7.26. The highest BCUT2D eigenvalue weighted by Gasteiger charge is 2.41. The second-order valence-corrected chi connectivity index (χ2v) is 10.3. The Bertz CT molecular complexity index is 1260. The van der Waals surface area contributed by atoms with E-state index in [9.17, 15) is 0 Å². The van der Waals surface area contributed by atoms with Gasteiger partial charge in [0.1, 0.15) is 16.9 Å². The largest absolute Gasteiger partial charge is 1.00 e. The van der Waals surface area contributed by atoms with Gasteiger partial charge in [0.25, 0.3) is 0 Å². The number of ether oxygens (including phenoxy) is 1. The number of benzene rings is 4. The molecule has 0 saturated carbocycles. The maximum Gasteiger partial charge on any atom is 0.182 e. The quantitative estimate of drug-likeness (QED) is 0.295. The average molecular weight is 509 g/mol. The second kappa shape index (κ2) is 10.5. The van der Waals surface area contributed by atoms with Gasteiger partial charge in [-0.05, 0) is 30.2 Å². The van der Waals surface area contributed by atoms with Gasteiger partial charge in [0.05, 0.1) is 5.66 Å². The van der Waals surface area contributed by atoms with E-state index in [0.717, 1.165) is 28.2 Å². The number of halogens is 1. The van der Waals surface area contributed by atoms with Gasteiger partial charge < -0.3 is 21.7 Å². The zero-order chi connectivity index (χ0) is 21.6. The van der Waals surface area contributed by atoms with Gasteiger partial charge in [-0.2, -0.15) is 0 Å². The molecule has 0 bridgehead atoms. The van der Waals surface area contributed by atoms with E-state index < -0.39 is 7.26 Å². The Balaban J connectivity index is 0.00000259. The molecule has 1 heterocycles. The minimum atomic E-state index is -2.16. The third-order valence-corrected chi connectivity index (χ3v) is 8.24. The fraction of sp³-hybridized carbons (Fsp3) is 0. The van der Waals surface area contributed by atoms with Crippen molar-refractivity contribution in [2.45, 2.75) is 0 Å². The molecule has 5 rings (SSSR count). The van der Waals surface area contributed by atoms with Crippen LogP contribution in [0, 0.1) is 11.6 Å². The Labute approximate surface area is 206 Å². The molecule has 0 unspecified atom stereocenters. The number of hydrogen-bond donors (Lipinski definition) is 0. The third kappa shape index (κ3) is 5.18. The molecule has 1 nitrogen and oxygen atoms in total. The molecule has 0 fully saturated rings. The topological polar surface area (TPSA) is 9.23 Å². The van der Waals surface area contributed by atoms with Crippen molar-refractivity contribution in [3.63, 3.8) is 0 Å². The lowest BCUT2D eigenvalue weighted by molar-refractivity contribution is -0.00000671. The van der Waals surface area contributed by atoms with Crippen LogP contribution in [0.5, 0.6) is 0 Å². The van der Waals surface area contributed by atoms with Crippen LogP contribution in [-0.4, -0.2) is 0 Å². The molecule has 1 aliphatic heterocycles. The molecule has 0 atom stereocenters. The Morgan fingerprint density at radius 1 is 0.515 bits per heavy atom. The zero-order valence-electron chi connectivity index (χ0n) is 17.9. The summed E-state index contributed by atoms with van der Waals surface area (Å²) in [6.07, 6.45) is 0. The Morgan fingerprint density at radius 2 is 0.939 bits per heavy atom. The molecule has 160 valence electrons. The van der Waals surface area contributed by atoms with Gasteiger partial charge in [-0.15, -0.1) is 0 Å². The summed E-state index contributed by atoms with van der Waals surface area (Å²) in [4.78, 5) is 0. The molecule has 3 heteroatoms. The van der Waals surface area contributed by atoms with Crippen LogP contribution < -0.4 is 22.3 Å². The molecule has 0 saturated heterocycles. The highest BCUT2D eigenvalue weighted by Crippen LogP contribution is 2.65. The first kappa shape index (κ1) is 22.8. The SMILES string of the molecule is C(#C[P+]1(c2ccccc2)C=C(c2ccccc2)OC(c2ccccc2)=C1)c1ccccc1.[Br-]. The van der Waals surface area contributed by atoms with Crippen molar-refractivity contribution in [3.05, 3.63) is 150 Å². The van der Waals surface area contributed by atoms with Gasteiger partial charge in [0.2, 0.25) is 0 Å². The van der Waals surface area contributed by atoms with Gasteiger partial charge in [-0.3, -0.25) is 0 Å². The van der Waals surface area contributed by atoms with Crippen LogP contribution in [0.2, 0.25) is 0 Å². The number of rotatable bonds is 3. The maximum atomic E-state index is 6.47. The molecule has 33 heavy (non-hydrogen) atoms. The van der Waals surface area contributed by atoms with E-state index in [-0.39, 0.29) is 17.0 Å². The summed E-state index contributed by atoms with van der Waals surface area (Å²) in [7, 11) is -2.16. The Morgan fingerprint density at radius 3 is 1.42 bits per heavy atom. The van der Waals surface area contributed by atoms with Crippen LogP contribution in [0.25, 0.3) is 11.5 Å². The smallest absolute Gasteiger partial charge is 0.182 e. The molecule has 0 spiro atoms. The number of hydrogen-bond acceptors (Lipinski definition) is 1. The summed E-state index contributed by atoms with van der Waals surface area (Å²) >= 11 is 0. The highest BCUT2D eigenvalue weighted by molar-refractivity contribution is 7.93. The van der Waals surface area contributed by atoms with Crippen molar-refractivity contribution in [2.75, 3.05) is 0 Å². The van der Waals surface area contributed by atoms with Crippen molar-refractivity contribution in [1.82, 2.24) is 0 Å². The monoisotopic (exact) mass is 508 g/mol. The minimum absolute atomic E-state index is 0. The molecule has 4 aromatic carbocycles. The first-order valence-corrected chi connectivity index (χ1v) is 12.5. The van der Waals surface area contributed by atoms with Crippen molar-refractivity contribution < 1.29 is 21.7 Å². The van der Waals surface area contributed by atoms with Gasteiger partial charge in [0.15, 0.2) is 18.8 Å². The lowest BCUT2D eigenvalue weighted by Gasteiger charge is -2.23. The van der Waals surface area contributed by atoms with Crippen LogP contribution in [0.3, 0.4) is 0 Å². The summed E-state index contributed by atoms with van der Waals surface area (Å²) in [6, 6.07) is 41.3. The van der Waals surface area contributed by atoms with Gasteiger partial charge in [-0.25, -0.2) is 0 Å². The van der Waals surface area contributed by atoms with Crippen molar-refractivity contribution in [2.24, 2.45) is 0 Å². The normalized spacial score (nSPS) is 13.8. The summed E-state index contributed by atoms with van der Waals surface area (Å²) < 4.78 is 6.47. The van der Waals surface area contributed by atoms with Gasteiger partial charge >= 0.3 is 0 Å². The Hall–Kier alpha value is -3.37. The van der Waals surface area contributed by atoms with Gasteiger partial charge in [0, 0.05) is 16.7 Å². The van der Waals surface area contributed by atoms with Crippen molar-refractivity contribution in [1.29, 1.82) is 0 Å².